The Labute approximate surface area is 167 Å². The number of carbonyl (C=O) groups excluding carboxylic acids is 2. The van der Waals surface area contributed by atoms with Gasteiger partial charge in [0.1, 0.15) is 11.5 Å². The summed E-state index contributed by atoms with van der Waals surface area (Å²) >= 11 is 1.46. The van der Waals surface area contributed by atoms with Crippen LogP contribution in [-0.2, 0) is 4.79 Å². The third-order valence-electron chi connectivity index (χ3n) is 3.99. The van der Waals surface area contributed by atoms with E-state index in [-0.39, 0.29) is 12.3 Å². The Kier molecular flexibility index (Phi) is 6.29. The monoisotopic (exact) mass is 395 g/mol. The molecular weight excluding hydrogens is 374 g/mol. The average Bonchev–Trinajstić information content (AvgIpc) is 3.19. The van der Waals surface area contributed by atoms with Gasteiger partial charge in [0.25, 0.3) is 0 Å². The summed E-state index contributed by atoms with van der Waals surface area (Å²) in [5.74, 6) is 1.20. The SMILES string of the molecule is Cc1ccc(Oc2ccc(NC(=O)CC(NC(N)=O)c3cccs3)cc2)cc1. The van der Waals surface area contributed by atoms with Crippen molar-refractivity contribution in [3.05, 3.63) is 76.5 Å². The second-order valence-electron chi connectivity index (χ2n) is 6.27. The number of aryl methyl sites for hydroxylation is 1. The lowest BCUT2D eigenvalue weighted by molar-refractivity contribution is -0.116. The van der Waals surface area contributed by atoms with Crippen LogP contribution in [0.2, 0.25) is 0 Å². The highest BCUT2D eigenvalue weighted by atomic mass is 32.1. The van der Waals surface area contributed by atoms with Crippen LogP contribution in [0.3, 0.4) is 0 Å². The molecule has 0 radical (unpaired) electrons. The molecule has 0 aliphatic carbocycles. The first-order chi connectivity index (χ1) is 13.5. The number of amides is 3. The number of rotatable bonds is 7. The van der Waals surface area contributed by atoms with Crippen molar-refractivity contribution in [2.24, 2.45) is 5.73 Å². The van der Waals surface area contributed by atoms with Gasteiger partial charge in [-0.1, -0.05) is 23.8 Å². The van der Waals surface area contributed by atoms with Crippen LogP contribution in [0, 0.1) is 6.92 Å². The van der Waals surface area contributed by atoms with Gasteiger partial charge in [-0.2, -0.15) is 0 Å². The molecule has 3 aromatic rings. The molecule has 0 fully saturated rings. The summed E-state index contributed by atoms with van der Waals surface area (Å²) in [5, 5.41) is 7.32. The molecule has 4 N–H and O–H groups in total. The number of primary amides is 1. The normalized spacial score (nSPS) is 11.5. The van der Waals surface area contributed by atoms with Gasteiger partial charge >= 0.3 is 6.03 Å². The summed E-state index contributed by atoms with van der Waals surface area (Å²) in [4.78, 5) is 24.5. The average molecular weight is 395 g/mol. The smallest absolute Gasteiger partial charge is 0.312 e. The lowest BCUT2D eigenvalue weighted by Gasteiger charge is -2.16. The first kappa shape index (κ1) is 19.4. The number of thiophene rings is 1. The number of nitrogens with two attached hydrogens (primary N) is 1. The first-order valence-corrected chi connectivity index (χ1v) is 9.61. The zero-order valence-electron chi connectivity index (χ0n) is 15.3. The van der Waals surface area contributed by atoms with E-state index in [0.717, 1.165) is 16.2 Å². The number of hydrogen-bond acceptors (Lipinski definition) is 4. The lowest BCUT2D eigenvalue weighted by Crippen LogP contribution is -2.34. The summed E-state index contributed by atoms with van der Waals surface area (Å²) in [6, 6.07) is 17.5. The van der Waals surface area contributed by atoms with Crippen molar-refractivity contribution < 1.29 is 14.3 Å². The van der Waals surface area contributed by atoms with Crippen LogP contribution < -0.4 is 21.1 Å². The van der Waals surface area contributed by atoms with E-state index in [9.17, 15) is 9.59 Å². The van der Waals surface area contributed by atoms with E-state index in [4.69, 9.17) is 10.5 Å². The van der Waals surface area contributed by atoms with Gasteiger partial charge in [0, 0.05) is 10.6 Å². The van der Waals surface area contributed by atoms with Crippen molar-refractivity contribution in [3.8, 4) is 11.5 Å². The number of urea groups is 1. The third kappa shape index (κ3) is 5.59. The molecule has 3 amide bonds. The summed E-state index contributed by atoms with van der Waals surface area (Å²) in [6.07, 6.45) is 0.0884. The Morgan fingerprint density at radius 3 is 2.25 bits per heavy atom. The standard InChI is InChI=1S/C21H21N3O3S/c1-14-4-8-16(9-5-14)27-17-10-6-15(7-11-17)23-20(25)13-18(24-21(22)26)19-3-2-12-28-19/h2-12,18H,13H2,1H3,(H,23,25)(H3,22,24,26). The molecule has 6 nitrogen and oxygen atoms in total. The zero-order valence-corrected chi connectivity index (χ0v) is 16.2. The highest BCUT2D eigenvalue weighted by Gasteiger charge is 2.18. The van der Waals surface area contributed by atoms with Crippen LogP contribution in [-0.4, -0.2) is 11.9 Å². The highest BCUT2D eigenvalue weighted by Crippen LogP contribution is 2.25. The molecule has 28 heavy (non-hydrogen) atoms. The number of anilines is 1. The van der Waals surface area contributed by atoms with Crippen LogP contribution in [0.4, 0.5) is 10.5 Å². The van der Waals surface area contributed by atoms with Gasteiger partial charge in [-0.15, -0.1) is 11.3 Å². The Morgan fingerprint density at radius 2 is 1.68 bits per heavy atom. The molecule has 1 aromatic heterocycles. The summed E-state index contributed by atoms with van der Waals surface area (Å²) in [6.45, 7) is 2.02. The van der Waals surface area contributed by atoms with Gasteiger partial charge in [-0.3, -0.25) is 4.79 Å². The summed E-state index contributed by atoms with van der Waals surface area (Å²) < 4.78 is 5.78. The Balaban J connectivity index is 1.58. The van der Waals surface area contributed by atoms with E-state index < -0.39 is 12.1 Å². The molecule has 1 unspecified atom stereocenters. The van der Waals surface area contributed by atoms with Crippen LogP contribution in [0.25, 0.3) is 0 Å². The van der Waals surface area contributed by atoms with Crippen molar-refractivity contribution in [2.75, 3.05) is 5.32 Å². The minimum absolute atomic E-state index is 0.0884. The maximum atomic E-state index is 12.4. The van der Waals surface area contributed by atoms with E-state index in [1.165, 1.54) is 11.3 Å². The predicted molar refractivity (Wildman–Crippen MR) is 111 cm³/mol. The van der Waals surface area contributed by atoms with Crippen LogP contribution >= 0.6 is 11.3 Å². The van der Waals surface area contributed by atoms with Crippen molar-refractivity contribution >= 4 is 29.0 Å². The molecule has 0 aliphatic rings. The Morgan fingerprint density at radius 1 is 1.04 bits per heavy atom. The molecule has 0 spiro atoms. The van der Waals surface area contributed by atoms with E-state index >= 15 is 0 Å². The minimum atomic E-state index is -0.663. The van der Waals surface area contributed by atoms with Crippen molar-refractivity contribution in [3.63, 3.8) is 0 Å². The minimum Gasteiger partial charge on any atom is -0.457 e. The summed E-state index contributed by atoms with van der Waals surface area (Å²) in [7, 11) is 0. The van der Waals surface area contributed by atoms with Crippen LogP contribution in [0.1, 0.15) is 22.9 Å². The second-order valence-corrected chi connectivity index (χ2v) is 7.25. The molecule has 144 valence electrons. The quantitative estimate of drug-likeness (QED) is 0.546. The van der Waals surface area contributed by atoms with Gasteiger partial charge in [0.05, 0.1) is 12.5 Å². The molecule has 0 bridgehead atoms. The lowest BCUT2D eigenvalue weighted by atomic mass is 10.1. The molecule has 1 heterocycles. The second kappa shape index (κ2) is 9.05. The maximum Gasteiger partial charge on any atom is 0.312 e. The third-order valence-corrected chi connectivity index (χ3v) is 4.97. The molecule has 3 rings (SSSR count). The van der Waals surface area contributed by atoms with Crippen molar-refractivity contribution in [1.82, 2.24) is 5.32 Å². The van der Waals surface area contributed by atoms with Crippen molar-refractivity contribution in [2.45, 2.75) is 19.4 Å². The van der Waals surface area contributed by atoms with E-state index in [1.807, 2.05) is 48.7 Å². The molecule has 0 aliphatic heterocycles. The van der Waals surface area contributed by atoms with Gasteiger partial charge in [0.2, 0.25) is 5.91 Å². The fourth-order valence-corrected chi connectivity index (χ4v) is 3.41. The largest absolute Gasteiger partial charge is 0.457 e. The Hall–Kier alpha value is -3.32. The molecular formula is C21H21N3O3S. The van der Waals surface area contributed by atoms with Gasteiger partial charge in [-0.05, 0) is 54.8 Å². The van der Waals surface area contributed by atoms with Gasteiger partial charge in [0.15, 0.2) is 0 Å². The van der Waals surface area contributed by atoms with Crippen LogP contribution in [0.15, 0.2) is 66.0 Å². The maximum absolute atomic E-state index is 12.4. The fraction of sp³-hybridized carbons (Fsp3) is 0.143. The molecule has 1 atom stereocenters. The van der Waals surface area contributed by atoms with Crippen LogP contribution in [0.5, 0.6) is 11.5 Å². The molecule has 0 saturated carbocycles. The van der Waals surface area contributed by atoms with Gasteiger partial charge < -0.3 is 21.1 Å². The number of ether oxygens (including phenoxy) is 1. The van der Waals surface area contributed by atoms with Gasteiger partial charge in [-0.25, -0.2) is 4.79 Å². The van der Waals surface area contributed by atoms with E-state index in [2.05, 4.69) is 10.6 Å². The Bertz CT molecular complexity index is 923. The zero-order chi connectivity index (χ0) is 19.9. The molecule has 2 aromatic carbocycles. The molecule has 0 saturated heterocycles. The molecule has 7 heteroatoms. The first-order valence-electron chi connectivity index (χ1n) is 8.73. The predicted octanol–water partition coefficient (Wildman–Crippen LogP) is 4.59. The highest BCUT2D eigenvalue weighted by molar-refractivity contribution is 7.10. The fourth-order valence-electron chi connectivity index (χ4n) is 2.63. The van der Waals surface area contributed by atoms with Crippen molar-refractivity contribution in [1.29, 1.82) is 0 Å². The summed E-state index contributed by atoms with van der Waals surface area (Å²) in [5.41, 5.74) is 7.03. The number of nitrogens with one attached hydrogen (secondary N) is 2. The number of carbonyl (C=O) groups is 2. The van der Waals surface area contributed by atoms with E-state index in [0.29, 0.717) is 11.4 Å². The number of hydrogen-bond donors (Lipinski definition) is 3. The number of benzene rings is 2. The van der Waals surface area contributed by atoms with E-state index in [1.54, 1.807) is 24.3 Å². The topological polar surface area (TPSA) is 93.4 Å².